The van der Waals surface area contributed by atoms with Gasteiger partial charge in [-0.25, -0.2) is 0 Å². The number of aliphatic hydroxyl groups excluding tert-OH is 3. The van der Waals surface area contributed by atoms with E-state index in [2.05, 4.69) is 5.32 Å². The number of amides is 1. The molecule has 2 aromatic rings. The van der Waals surface area contributed by atoms with Crippen molar-refractivity contribution in [3.05, 3.63) is 59.1 Å². The van der Waals surface area contributed by atoms with Crippen LogP contribution in [0, 0.1) is 23.7 Å². The molecule has 3 aliphatic heterocycles. The maximum atomic E-state index is 14.7. The van der Waals surface area contributed by atoms with E-state index in [0.717, 1.165) is 16.7 Å². The lowest BCUT2D eigenvalue weighted by molar-refractivity contribution is -0.318. The van der Waals surface area contributed by atoms with Gasteiger partial charge >= 0.3 is 5.97 Å². The Kier molecular flexibility index (Phi) is 18.9. The highest BCUT2D eigenvalue weighted by atomic mass is 35.5. The molecule has 2 aromatic carbocycles. The van der Waals surface area contributed by atoms with Gasteiger partial charge in [-0.2, -0.15) is 0 Å². The predicted molar refractivity (Wildman–Crippen MR) is 254 cm³/mol. The second-order valence-electron chi connectivity index (χ2n) is 20.6. The third-order valence-corrected chi connectivity index (χ3v) is 14.9. The van der Waals surface area contributed by atoms with E-state index in [4.69, 9.17) is 40.0 Å². The van der Waals surface area contributed by atoms with E-state index in [9.17, 15) is 39.9 Å². The second kappa shape index (κ2) is 23.0. The molecule has 16 nitrogen and oxygen atoms in total. The number of Topliss-reactive ketones (excluding diaryl/α,β-unsaturated/α-hetero) is 1. The maximum absolute atomic E-state index is 14.7. The van der Waals surface area contributed by atoms with Gasteiger partial charge in [0.05, 0.1) is 54.1 Å². The third-order valence-electron chi connectivity index (χ3n) is 14.7. The van der Waals surface area contributed by atoms with Gasteiger partial charge in [0, 0.05) is 55.3 Å². The fourth-order valence-electron chi connectivity index (χ4n) is 10.3. The van der Waals surface area contributed by atoms with Crippen molar-refractivity contribution < 1.29 is 68.3 Å². The van der Waals surface area contributed by atoms with E-state index in [1.54, 1.807) is 46.8 Å². The number of nitrogens with zero attached hydrogens (tertiary/aromatic N) is 1. The van der Waals surface area contributed by atoms with E-state index in [0.29, 0.717) is 11.4 Å². The molecule has 18 atom stereocenters. The number of esters is 1. The minimum atomic E-state index is -2.22. The van der Waals surface area contributed by atoms with Gasteiger partial charge in [-0.3, -0.25) is 14.4 Å². The number of rotatable bonds is 12. The van der Waals surface area contributed by atoms with Gasteiger partial charge in [0.15, 0.2) is 12.6 Å². The van der Waals surface area contributed by atoms with Crippen molar-refractivity contribution in [3.8, 4) is 11.1 Å². The zero-order valence-electron chi connectivity index (χ0n) is 41.8. The summed E-state index contributed by atoms with van der Waals surface area (Å²) >= 11 is 6.05. The Balaban J connectivity index is 1.47. The first kappa shape index (κ1) is 55.8. The maximum Gasteiger partial charge on any atom is 0.311 e. The Morgan fingerprint density at radius 2 is 1.46 bits per heavy atom. The third kappa shape index (κ3) is 13.0. The molecule has 17 heteroatoms. The van der Waals surface area contributed by atoms with Crippen LogP contribution in [0.25, 0.3) is 11.1 Å². The molecule has 0 saturated carbocycles. The van der Waals surface area contributed by atoms with Gasteiger partial charge in [-0.05, 0) is 97.3 Å². The minimum Gasteiger partial charge on any atom is -0.459 e. The Labute approximate surface area is 406 Å². The molecular formula is C51H77ClN2O14. The number of likely N-dealkylation sites (N-methyl/N-ethyl adjacent to an activating group) is 1. The number of benzene rings is 2. The summed E-state index contributed by atoms with van der Waals surface area (Å²) in [6.07, 6.45) is -11.1. The number of hydrogen-bond acceptors (Lipinski definition) is 15. The molecule has 3 aliphatic rings. The number of ketones is 1. The van der Waals surface area contributed by atoms with Gasteiger partial charge in [0.2, 0.25) is 5.91 Å². The molecule has 0 aromatic heterocycles. The fraction of sp³-hybridized carbons (Fsp3) is 0.706. The number of ether oxygens (including phenoxy) is 6. The summed E-state index contributed by atoms with van der Waals surface area (Å²) in [5.41, 5.74) is -2.54. The first-order valence-corrected chi connectivity index (χ1v) is 24.3. The van der Waals surface area contributed by atoms with Crippen molar-refractivity contribution in [2.75, 3.05) is 27.7 Å². The van der Waals surface area contributed by atoms with Crippen LogP contribution in [0.1, 0.15) is 93.6 Å². The van der Waals surface area contributed by atoms with Gasteiger partial charge in [-0.1, -0.05) is 68.8 Å². The number of methoxy groups -OCH3 is 1. The normalized spacial score (nSPS) is 40.1. The molecule has 3 fully saturated rings. The van der Waals surface area contributed by atoms with Gasteiger partial charge < -0.3 is 64.2 Å². The first-order chi connectivity index (χ1) is 31.7. The number of aliphatic hydroxyl groups is 5. The highest BCUT2D eigenvalue weighted by Gasteiger charge is 2.53. The minimum absolute atomic E-state index is 0.0351. The van der Waals surface area contributed by atoms with Crippen molar-refractivity contribution in [1.29, 1.82) is 0 Å². The van der Waals surface area contributed by atoms with Crippen LogP contribution in [0.3, 0.4) is 0 Å². The molecule has 5 rings (SSSR count). The molecule has 8 unspecified atom stereocenters. The van der Waals surface area contributed by atoms with Crippen LogP contribution in [0.5, 0.6) is 0 Å². The summed E-state index contributed by atoms with van der Waals surface area (Å²) in [4.78, 5) is 44.1. The zero-order chi connectivity index (χ0) is 50.6. The van der Waals surface area contributed by atoms with Gasteiger partial charge in [0.25, 0.3) is 0 Å². The van der Waals surface area contributed by atoms with E-state index in [1.165, 1.54) is 27.9 Å². The summed E-state index contributed by atoms with van der Waals surface area (Å²) < 4.78 is 37.7. The number of carbonyl (C=O) groups excluding carboxylic acids is 3. The number of halogens is 1. The Morgan fingerprint density at radius 1 is 0.853 bits per heavy atom. The lowest BCUT2D eigenvalue weighted by atomic mass is 9.74. The summed E-state index contributed by atoms with van der Waals surface area (Å²) in [7, 11) is 5.14. The summed E-state index contributed by atoms with van der Waals surface area (Å²) in [5, 5.41) is 62.8. The largest absolute Gasteiger partial charge is 0.459 e. The fourth-order valence-corrected chi connectivity index (χ4v) is 10.4. The van der Waals surface area contributed by atoms with Crippen molar-refractivity contribution in [2.24, 2.45) is 23.7 Å². The van der Waals surface area contributed by atoms with Crippen LogP contribution in [0.4, 0.5) is 0 Å². The highest BCUT2D eigenvalue weighted by Crippen LogP contribution is 2.41. The lowest BCUT2D eigenvalue weighted by Gasteiger charge is -2.49. The summed E-state index contributed by atoms with van der Waals surface area (Å²) in [6.45, 7) is 14.3. The van der Waals surface area contributed by atoms with Crippen LogP contribution in [0.15, 0.2) is 48.5 Å². The average molecular weight is 978 g/mol. The summed E-state index contributed by atoms with van der Waals surface area (Å²) in [6, 6.07) is 14.6. The van der Waals surface area contributed by atoms with Gasteiger partial charge in [-0.15, -0.1) is 0 Å². The lowest BCUT2D eigenvalue weighted by Crippen LogP contribution is -2.61. The van der Waals surface area contributed by atoms with Crippen LogP contribution >= 0.6 is 11.6 Å². The standard InChI is InChI=1S/C51H77ClN2O14/c1-27-25-49(7,61)46(68-48-42(57)37(54(10)11)23-28(2)64-48)30(4)43(67-40-26-50(8,63-12)45(59)32(6)65-40)31(5)47(60)66-38(51(9,62)44(58)29(3)41(27)56)21-22-53-39(55)24-33-13-15-34(16-14-33)35-17-19-36(52)20-18-35/h13-20,27-32,37-38,40,42-46,48,57-59,61-62H,21-26H2,1-12H3,(H,53,55)/t27-,28?,29+,30+,31-,32?,37?,38-,40?,42?,43+,44-,45?,46-,48?,49-,50?,51-/m1/s1. The molecule has 382 valence electrons. The Morgan fingerprint density at radius 3 is 2.04 bits per heavy atom. The number of cyclic esters (lactones) is 1. The summed E-state index contributed by atoms with van der Waals surface area (Å²) in [5.74, 6) is -5.96. The topological polar surface area (TPSA) is 223 Å². The molecule has 3 saturated heterocycles. The van der Waals surface area contributed by atoms with E-state index >= 15 is 0 Å². The van der Waals surface area contributed by atoms with E-state index in [-0.39, 0.29) is 50.3 Å². The quantitative estimate of drug-likeness (QED) is 0.162. The van der Waals surface area contributed by atoms with Crippen LogP contribution in [-0.2, 0) is 49.2 Å². The molecule has 0 aliphatic carbocycles. The van der Waals surface area contributed by atoms with Crippen LogP contribution < -0.4 is 5.32 Å². The number of nitrogens with one attached hydrogen (secondary N) is 1. The molecular weight excluding hydrogens is 900 g/mol. The monoisotopic (exact) mass is 977 g/mol. The first-order valence-electron chi connectivity index (χ1n) is 23.9. The van der Waals surface area contributed by atoms with Crippen molar-refractivity contribution in [2.45, 2.75) is 179 Å². The predicted octanol–water partition coefficient (Wildman–Crippen LogP) is 4.45. The van der Waals surface area contributed by atoms with Crippen molar-refractivity contribution in [1.82, 2.24) is 10.2 Å². The molecule has 6 N–H and O–H groups in total. The number of carbonyl (C=O) groups is 3. The second-order valence-corrected chi connectivity index (χ2v) is 21.0. The smallest absolute Gasteiger partial charge is 0.311 e. The highest BCUT2D eigenvalue weighted by molar-refractivity contribution is 6.30. The van der Waals surface area contributed by atoms with Gasteiger partial charge in [0.1, 0.15) is 29.7 Å². The molecule has 0 spiro atoms. The molecule has 1 amide bonds. The SMILES string of the molecule is COC1(C)CC(O[C@H]2[C@H](C)[C@@H](OC3OC(C)CC(N(C)C)C3O)[C@](C)(O)C[C@@H](C)C(=O)[C@H](C)[C@@H](O)[C@](C)(O)[C@@H](CCNC(=O)Cc3ccc(-c4ccc(Cl)cc4)cc3)OC(=O)[C@@H]2C)OC(C)C1O. The van der Waals surface area contributed by atoms with E-state index < -0.39 is 108 Å². The molecule has 68 heavy (non-hydrogen) atoms. The van der Waals surface area contributed by atoms with Crippen LogP contribution in [0.2, 0.25) is 5.02 Å². The molecule has 0 radical (unpaired) electrons. The van der Waals surface area contributed by atoms with Crippen molar-refractivity contribution in [3.63, 3.8) is 0 Å². The number of hydrogen-bond donors (Lipinski definition) is 6. The average Bonchev–Trinajstić information content (AvgIpc) is 3.28. The molecule has 3 heterocycles. The Bertz CT molecular complexity index is 1990. The molecule has 0 bridgehead atoms. The van der Waals surface area contributed by atoms with Crippen LogP contribution in [-0.4, -0.2) is 160 Å². The van der Waals surface area contributed by atoms with Crippen molar-refractivity contribution >= 4 is 29.3 Å². The Hall–Kier alpha value is -3.10. The zero-order valence-corrected chi connectivity index (χ0v) is 42.5. The van der Waals surface area contributed by atoms with E-state index in [1.807, 2.05) is 62.3 Å².